The molecular formula is C25H22FN3O2S2. The summed E-state index contributed by atoms with van der Waals surface area (Å²) in [5, 5.41) is 3.47. The van der Waals surface area contributed by atoms with Crippen molar-refractivity contribution in [3.05, 3.63) is 94.1 Å². The normalized spacial score (nSPS) is 10.8. The van der Waals surface area contributed by atoms with Crippen LogP contribution in [0.4, 0.5) is 4.39 Å². The zero-order chi connectivity index (χ0) is 23.2. The van der Waals surface area contributed by atoms with Crippen molar-refractivity contribution in [2.24, 2.45) is 0 Å². The molecule has 1 amide bonds. The summed E-state index contributed by atoms with van der Waals surface area (Å²) >= 11 is 2.77. The Kier molecular flexibility index (Phi) is 7.36. The van der Waals surface area contributed by atoms with Crippen LogP contribution in [0.15, 0.2) is 78.1 Å². The molecule has 0 radical (unpaired) electrons. The van der Waals surface area contributed by atoms with Gasteiger partial charge in [-0.25, -0.2) is 9.37 Å². The number of Topliss-reactive ketones (excluding diaryl/α,β-unsaturated/α-hetero) is 1. The molecule has 0 unspecified atom stereocenters. The van der Waals surface area contributed by atoms with Crippen LogP contribution in [0.2, 0.25) is 0 Å². The van der Waals surface area contributed by atoms with Gasteiger partial charge in [-0.05, 0) is 47.5 Å². The first-order valence-corrected chi connectivity index (χ1v) is 12.1. The summed E-state index contributed by atoms with van der Waals surface area (Å²) in [5.74, 6) is -0.137. The smallest absolute Gasteiger partial charge is 0.217 e. The van der Waals surface area contributed by atoms with E-state index >= 15 is 0 Å². The molecule has 4 aromatic rings. The molecule has 2 aromatic heterocycles. The van der Waals surface area contributed by atoms with Gasteiger partial charge in [-0.1, -0.05) is 42.1 Å². The first-order valence-electron chi connectivity index (χ1n) is 10.3. The Hall–Kier alpha value is -3.23. The summed E-state index contributed by atoms with van der Waals surface area (Å²) < 4.78 is 15.5. The highest BCUT2D eigenvalue weighted by atomic mass is 32.2. The number of imidazole rings is 1. The highest BCUT2D eigenvalue weighted by Gasteiger charge is 2.16. The first kappa shape index (κ1) is 22.9. The van der Waals surface area contributed by atoms with Gasteiger partial charge in [0.15, 0.2) is 10.9 Å². The Balaban J connectivity index is 1.52. The van der Waals surface area contributed by atoms with Gasteiger partial charge in [0, 0.05) is 11.8 Å². The maximum Gasteiger partial charge on any atom is 0.217 e. The Labute approximate surface area is 199 Å². The standard InChI is InChI=1S/C25H22FN3O2S2/c1-17(30)27-13-21-11-12-24(33-21)23(31)16-32-25-28-14-22(19-7-9-20(26)10-8-19)29(25)15-18-5-3-2-4-6-18/h2-12,14H,13,15-16H2,1H3,(H,27,30). The molecule has 1 N–H and O–H groups in total. The van der Waals surface area contributed by atoms with Crippen LogP contribution in [0.5, 0.6) is 0 Å². The number of benzene rings is 2. The number of aromatic nitrogens is 2. The fourth-order valence-electron chi connectivity index (χ4n) is 3.28. The summed E-state index contributed by atoms with van der Waals surface area (Å²) in [6.45, 7) is 2.47. The maximum atomic E-state index is 13.4. The Morgan fingerprint density at radius 2 is 1.82 bits per heavy atom. The quantitative estimate of drug-likeness (QED) is 0.258. The highest BCUT2D eigenvalue weighted by Crippen LogP contribution is 2.28. The van der Waals surface area contributed by atoms with Crippen molar-refractivity contribution in [1.29, 1.82) is 0 Å². The average Bonchev–Trinajstić information content (AvgIpc) is 3.45. The van der Waals surface area contributed by atoms with Crippen LogP contribution < -0.4 is 5.32 Å². The predicted octanol–water partition coefficient (Wildman–Crippen LogP) is 5.41. The van der Waals surface area contributed by atoms with Gasteiger partial charge >= 0.3 is 0 Å². The van der Waals surface area contributed by atoms with Crippen molar-refractivity contribution in [2.75, 3.05) is 5.75 Å². The maximum absolute atomic E-state index is 13.4. The molecule has 8 heteroatoms. The second-order valence-corrected chi connectivity index (χ2v) is 9.50. The van der Waals surface area contributed by atoms with Crippen LogP contribution in [0, 0.1) is 5.82 Å². The minimum atomic E-state index is -0.290. The molecule has 168 valence electrons. The number of ketones is 1. The van der Waals surface area contributed by atoms with Crippen molar-refractivity contribution in [2.45, 2.75) is 25.2 Å². The van der Waals surface area contributed by atoms with Gasteiger partial charge in [0.2, 0.25) is 5.91 Å². The minimum Gasteiger partial charge on any atom is -0.351 e. The van der Waals surface area contributed by atoms with E-state index in [1.165, 1.54) is 42.2 Å². The number of carbonyl (C=O) groups is 2. The Morgan fingerprint density at radius 1 is 1.06 bits per heavy atom. The second kappa shape index (κ2) is 10.6. The van der Waals surface area contributed by atoms with E-state index in [2.05, 4.69) is 14.9 Å². The largest absolute Gasteiger partial charge is 0.351 e. The summed E-state index contributed by atoms with van der Waals surface area (Å²) in [7, 11) is 0. The topological polar surface area (TPSA) is 64.0 Å². The third kappa shape index (κ3) is 5.97. The number of amides is 1. The summed E-state index contributed by atoms with van der Waals surface area (Å²) in [6, 6.07) is 20.0. The first-order chi connectivity index (χ1) is 16.0. The zero-order valence-electron chi connectivity index (χ0n) is 18.0. The molecule has 33 heavy (non-hydrogen) atoms. The lowest BCUT2D eigenvalue weighted by Crippen LogP contribution is -2.18. The lowest BCUT2D eigenvalue weighted by atomic mass is 10.1. The number of carbonyl (C=O) groups excluding carboxylic acids is 2. The molecule has 4 rings (SSSR count). The summed E-state index contributed by atoms with van der Waals surface area (Å²) in [4.78, 5) is 30.0. The molecule has 0 saturated carbocycles. The molecule has 0 atom stereocenters. The van der Waals surface area contributed by atoms with E-state index in [9.17, 15) is 14.0 Å². The molecule has 0 aliphatic carbocycles. The van der Waals surface area contributed by atoms with E-state index in [1.54, 1.807) is 24.4 Å². The fourth-order valence-corrected chi connectivity index (χ4v) is 5.12. The molecule has 0 fully saturated rings. The number of thioether (sulfide) groups is 1. The number of nitrogens with zero attached hydrogens (tertiary/aromatic N) is 2. The van der Waals surface area contributed by atoms with Gasteiger partial charge in [-0.15, -0.1) is 11.3 Å². The van der Waals surface area contributed by atoms with Crippen LogP contribution in [0.25, 0.3) is 11.3 Å². The number of nitrogens with one attached hydrogen (secondary N) is 1. The molecule has 0 saturated heterocycles. The number of thiophene rings is 1. The molecular weight excluding hydrogens is 457 g/mol. The van der Waals surface area contributed by atoms with Crippen LogP contribution >= 0.6 is 23.1 Å². The van der Waals surface area contributed by atoms with Gasteiger partial charge in [0.05, 0.1) is 35.6 Å². The molecule has 0 aliphatic heterocycles. The van der Waals surface area contributed by atoms with Crippen molar-refractivity contribution >= 4 is 34.8 Å². The average molecular weight is 480 g/mol. The van der Waals surface area contributed by atoms with Gasteiger partial charge in [0.25, 0.3) is 0 Å². The van der Waals surface area contributed by atoms with Crippen molar-refractivity contribution in [3.8, 4) is 11.3 Å². The van der Waals surface area contributed by atoms with Crippen molar-refractivity contribution in [1.82, 2.24) is 14.9 Å². The van der Waals surface area contributed by atoms with E-state index in [-0.39, 0.29) is 23.3 Å². The Bertz CT molecular complexity index is 1250. The third-order valence-corrected chi connectivity index (χ3v) is 7.04. The van der Waals surface area contributed by atoms with Crippen LogP contribution in [0.1, 0.15) is 27.0 Å². The summed E-state index contributed by atoms with van der Waals surface area (Å²) in [5.41, 5.74) is 2.83. The van der Waals surface area contributed by atoms with E-state index in [0.29, 0.717) is 18.0 Å². The molecule has 5 nitrogen and oxygen atoms in total. The van der Waals surface area contributed by atoms with Crippen LogP contribution in [-0.4, -0.2) is 27.0 Å². The van der Waals surface area contributed by atoms with E-state index in [1.807, 2.05) is 36.4 Å². The van der Waals surface area contributed by atoms with Crippen molar-refractivity contribution in [3.63, 3.8) is 0 Å². The minimum absolute atomic E-state index is 0.0108. The monoisotopic (exact) mass is 479 g/mol. The van der Waals surface area contributed by atoms with E-state index in [0.717, 1.165) is 26.9 Å². The van der Waals surface area contributed by atoms with Gasteiger partial charge in [0.1, 0.15) is 5.82 Å². The lowest BCUT2D eigenvalue weighted by molar-refractivity contribution is -0.119. The SMILES string of the molecule is CC(=O)NCc1ccc(C(=O)CSc2ncc(-c3ccc(F)cc3)n2Cc2ccccc2)s1. The summed E-state index contributed by atoms with van der Waals surface area (Å²) in [6.07, 6.45) is 1.76. The van der Waals surface area contributed by atoms with Gasteiger partial charge < -0.3 is 9.88 Å². The van der Waals surface area contributed by atoms with Crippen molar-refractivity contribution < 1.29 is 14.0 Å². The molecule has 0 aliphatic rings. The fraction of sp³-hybridized carbons (Fsp3) is 0.160. The lowest BCUT2D eigenvalue weighted by Gasteiger charge is -2.12. The zero-order valence-corrected chi connectivity index (χ0v) is 19.6. The second-order valence-electron chi connectivity index (χ2n) is 7.39. The number of halogens is 1. The highest BCUT2D eigenvalue weighted by molar-refractivity contribution is 7.99. The molecule has 2 heterocycles. The number of hydrogen-bond acceptors (Lipinski definition) is 5. The van der Waals surface area contributed by atoms with E-state index < -0.39 is 0 Å². The third-order valence-electron chi connectivity index (χ3n) is 4.92. The molecule has 0 bridgehead atoms. The molecule has 0 spiro atoms. The van der Waals surface area contributed by atoms with E-state index in [4.69, 9.17) is 0 Å². The number of rotatable bonds is 9. The van der Waals surface area contributed by atoms with Gasteiger partial charge in [-0.2, -0.15) is 0 Å². The predicted molar refractivity (Wildman–Crippen MR) is 130 cm³/mol. The van der Waals surface area contributed by atoms with Crippen LogP contribution in [0.3, 0.4) is 0 Å². The molecule has 2 aromatic carbocycles. The Morgan fingerprint density at radius 3 is 2.55 bits per heavy atom. The van der Waals surface area contributed by atoms with Crippen LogP contribution in [-0.2, 0) is 17.9 Å². The van der Waals surface area contributed by atoms with Gasteiger partial charge in [-0.3, -0.25) is 9.59 Å². The number of hydrogen-bond donors (Lipinski definition) is 1.